The molecule has 0 spiro atoms. The van der Waals surface area contributed by atoms with Gasteiger partial charge in [-0.3, -0.25) is 0 Å². The summed E-state index contributed by atoms with van der Waals surface area (Å²) in [6, 6.07) is 57.3. The number of fused-ring (bicyclic) bond motifs is 10. The van der Waals surface area contributed by atoms with Gasteiger partial charge in [-0.05, 0) is 51.6 Å². The van der Waals surface area contributed by atoms with Crippen LogP contribution in [0.4, 0.5) is 0 Å². The first kappa shape index (κ1) is 29.1. The lowest BCUT2D eigenvalue weighted by atomic mass is 9.95. The van der Waals surface area contributed by atoms with E-state index in [2.05, 4.69) is 127 Å². The Balaban J connectivity index is 1.24. The van der Waals surface area contributed by atoms with Gasteiger partial charge in [0.25, 0.3) is 0 Å². The first-order valence-corrected chi connectivity index (χ1v) is 18.2. The molecule has 0 saturated carbocycles. The minimum atomic E-state index is 0.600. The Morgan fingerprint density at radius 2 is 1.02 bits per heavy atom. The summed E-state index contributed by atoms with van der Waals surface area (Å²) in [5.74, 6) is 1.86. The number of aromatic nitrogens is 3. The van der Waals surface area contributed by atoms with Gasteiger partial charge in [-0.1, -0.05) is 140 Å². The summed E-state index contributed by atoms with van der Waals surface area (Å²) in [6.07, 6.45) is 0. The van der Waals surface area contributed by atoms with Crippen molar-refractivity contribution in [3.63, 3.8) is 0 Å². The van der Waals surface area contributed by atoms with Crippen LogP contribution in [0.5, 0.6) is 0 Å². The summed E-state index contributed by atoms with van der Waals surface area (Å²) >= 11 is 1.86. The number of hydrogen-bond donors (Lipinski definition) is 0. The smallest absolute Gasteiger partial charge is 0.164 e. The van der Waals surface area contributed by atoms with Crippen LogP contribution in [0.1, 0.15) is 0 Å². The number of benzene rings is 8. The molecule has 4 nitrogen and oxygen atoms in total. The molecule has 3 heterocycles. The van der Waals surface area contributed by atoms with Gasteiger partial charge >= 0.3 is 0 Å². The predicted molar refractivity (Wildman–Crippen MR) is 217 cm³/mol. The van der Waals surface area contributed by atoms with Crippen molar-refractivity contribution in [3.8, 4) is 45.3 Å². The normalized spacial score (nSPS) is 11.8. The zero-order valence-corrected chi connectivity index (χ0v) is 28.6. The molecule has 11 aromatic rings. The minimum absolute atomic E-state index is 0.600. The Labute approximate surface area is 302 Å². The Hall–Kier alpha value is -6.69. The van der Waals surface area contributed by atoms with Crippen LogP contribution >= 0.6 is 11.3 Å². The number of hydrogen-bond acceptors (Lipinski definition) is 5. The number of nitrogens with zero attached hydrogens (tertiary/aromatic N) is 3. The van der Waals surface area contributed by atoms with Gasteiger partial charge < -0.3 is 4.42 Å². The molecule has 8 aromatic carbocycles. The summed E-state index contributed by atoms with van der Waals surface area (Å²) in [5.41, 5.74) is 6.88. The van der Waals surface area contributed by atoms with Crippen LogP contribution in [0.15, 0.2) is 168 Å². The van der Waals surface area contributed by atoms with Crippen LogP contribution in [-0.2, 0) is 0 Å². The number of thiophene rings is 1. The zero-order valence-electron chi connectivity index (χ0n) is 27.7. The molecule has 0 amide bonds. The third kappa shape index (κ3) is 4.50. The van der Waals surface area contributed by atoms with Crippen LogP contribution in [-0.4, -0.2) is 15.0 Å². The van der Waals surface area contributed by atoms with E-state index in [4.69, 9.17) is 19.4 Å². The van der Waals surface area contributed by atoms with E-state index in [1.165, 1.54) is 42.1 Å². The summed E-state index contributed by atoms with van der Waals surface area (Å²) in [4.78, 5) is 15.6. The molecule has 0 aliphatic heterocycles. The van der Waals surface area contributed by atoms with Crippen molar-refractivity contribution in [1.82, 2.24) is 15.0 Å². The highest BCUT2D eigenvalue weighted by Gasteiger charge is 2.22. The van der Waals surface area contributed by atoms with Crippen molar-refractivity contribution >= 4 is 75.0 Å². The van der Waals surface area contributed by atoms with Gasteiger partial charge in [0.2, 0.25) is 0 Å². The van der Waals surface area contributed by atoms with E-state index in [0.717, 1.165) is 49.4 Å². The molecular weight excluding hydrogens is 655 g/mol. The maximum atomic E-state index is 6.30. The second kappa shape index (κ2) is 11.4. The maximum absolute atomic E-state index is 6.30. The van der Waals surface area contributed by atoms with E-state index in [1.54, 1.807) is 0 Å². The Bertz CT molecular complexity index is 3180. The van der Waals surface area contributed by atoms with Crippen molar-refractivity contribution in [3.05, 3.63) is 164 Å². The molecule has 0 aliphatic carbocycles. The fraction of sp³-hybridized carbons (Fsp3) is 0. The second-order valence-electron chi connectivity index (χ2n) is 13.1. The molecule has 52 heavy (non-hydrogen) atoms. The van der Waals surface area contributed by atoms with Crippen molar-refractivity contribution < 1.29 is 4.42 Å². The fourth-order valence-electron chi connectivity index (χ4n) is 7.68. The molecular formula is C47H27N3OS. The third-order valence-corrected chi connectivity index (χ3v) is 11.4. The standard InChI is InChI=1S/C47H27N3OS/c1-3-12-28(13-4-1)34-19-11-20-37-42-38(26-31-23-22-29-14-7-8-17-33(29)41(31)44(42)52-43(34)37)47-49-45(30-15-5-2-6-16-30)48-46(50-47)32-24-25-36-35-18-9-10-21-39(35)51-40(36)27-32/h1-27H. The number of furan rings is 1. The highest BCUT2D eigenvalue weighted by atomic mass is 32.1. The molecule has 3 aromatic heterocycles. The van der Waals surface area contributed by atoms with Gasteiger partial charge in [-0.2, -0.15) is 0 Å². The molecule has 0 atom stereocenters. The molecule has 242 valence electrons. The predicted octanol–water partition coefficient (Wildman–Crippen LogP) is 13.1. The van der Waals surface area contributed by atoms with Gasteiger partial charge in [-0.15, -0.1) is 11.3 Å². The first-order valence-electron chi connectivity index (χ1n) is 17.4. The van der Waals surface area contributed by atoms with E-state index in [-0.39, 0.29) is 0 Å². The van der Waals surface area contributed by atoms with Gasteiger partial charge in [0.1, 0.15) is 11.2 Å². The fourth-order valence-corrected chi connectivity index (χ4v) is 9.11. The monoisotopic (exact) mass is 681 g/mol. The summed E-state index contributed by atoms with van der Waals surface area (Å²) < 4.78 is 8.78. The van der Waals surface area contributed by atoms with Gasteiger partial charge in [0.05, 0.1) is 0 Å². The van der Waals surface area contributed by atoms with Crippen LogP contribution in [0.3, 0.4) is 0 Å². The lowest BCUT2D eigenvalue weighted by Crippen LogP contribution is -2.00. The quantitative estimate of drug-likeness (QED) is 0.174. The highest BCUT2D eigenvalue weighted by Crippen LogP contribution is 2.48. The SMILES string of the molecule is c1ccc(-c2nc(-c3ccc4c(c3)oc3ccccc34)nc(-c3cc4ccc5ccccc5c4c4sc5c(-c6ccccc6)cccc5c34)n2)cc1. The van der Waals surface area contributed by atoms with Crippen molar-refractivity contribution in [1.29, 1.82) is 0 Å². The van der Waals surface area contributed by atoms with Crippen LogP contribution in [0.2, 0.25) is 0 Å². The lowest BCUT2D eigenvalue weighted by Gasteiger charge is -2.12. The van der Waals surface area contributed by atoms with Crippen molar-refractivity contribution in [2.24, 2.45) is 0 Å². The van der Waals surface area contributed by atoms with Crippen molar-refractivity contribution in [2.45, 2.75) is 0 Å². The van der Waals surface area contributed by atoms with Crippen LogP contribution in [0, 0.1) is 0 Å². The number of para-hydroxylation sites is 1. The number of rotatable bonds is 4. The molecule has 0 unspecified atom stereocenters. The van der Waals surface area contributed by atoms with Crippen LogP contribution in [0.25, 0.3) is 109 Å². The highest BCUT2D eigenvalue weighted by molar-refractivity contribution is 7.27. The lowest BCUT2D eigenvalue weighted by molar-refractivity contribution is 0.669. The average molecular weight is 682 g/mol. The second-order valence-corrected chi connectivity index (χ2v) is 14.2. The largest absolute Gasteiger partial charge is 0.456 e. The minimum Gasteiger partial charge on any atom is -0.456 e. The molecule has 0 fully saturated rings. The van der Waals surface area contributed by atoms with Gasteiger partial charge in [-0.25, -0.2) is 15.0 Å². The molecule has 0 radical (unpaired) electrons. The molecule has 0 N–H and O–H groups in total. The maximum Gasteiger partial charge on any atom is 0.164 e. The summed E-state index contributed by atoms with van der Waals surface area (Å²) in [5, 5.41) is 9.38. The molecule has 0 bridgehead atoms. The molecule has 0 saturated heterocycles. The Kier molecular flexibility index (Phi) is 6.39. The van der Waals surface area contributed by atoms with Crippen molar-refractivity contribution in [2.75, 3.05) is 0 Å². The van der Waals surface area contributed by atoms with E-state index < -0.39 is 0 Å². The molecule has 5 heteroatoms. The molecule has 0 aliphatic rings. The van der Waals surface area contributed by atoms with E-state index in [1.807, 2.05) is 47.7 Å². The van der Waals surface area contributed by atoms with Crippen LogP contribution < -0.4 is 0 Å². The molecule has 11 rings (SSSR count). The van der Waals surface area contributed by atoms with E-state index >= 15 is 0 Å². The Morgan fingerprint density at radius 3 is 1.87 bits per heavy atom. The summed E-state index contributed by atoms with van der Waals surface area (Å²) in [7, 11) is 0. The summed E-state index contributed by atoms with van der Waals surface area (Å²) in [6.45, 7) is 0. The van der Waals surface area contributed by atoms with E-state index in [9.17, 15) is 0 Å². The van der Waals surface area contributed by atoms with Gasteiger partial charge in [0.15, 0.2) is 17.5 Å². The third-order valence-electron chi connectivity index (χ3n) is 10.1. The average Bonchev–Trinajstić information content (AvgIpc) is 3.79. The topological polar surface area (TPSA) is 51.8 Å². The van der Waals surface area contributed by atoms with E-state index in [0.29, 0.717) is 17.5 Å². The van der Waals surface area contributed by atoms with Gasteiger partial charge in [0, 0.05) is 53.0 Å². The Morgan fingerprint density at radius 1 is 0.365 bits per heavy atom. The zero-order chi connectivity index (χ0) is 34.2. The first-order chi connectivity index (χ1) is 25.8.